The van der Waals surface area contributed by atoms with Crippen molar-refractivity contribution in [1.29, 1.82) is 0 Å². The predicted octanol–water partition coefficient (Wildman–Crippen LogP) is 4.04. The zero-order chi connectivity index (χ0) is 20.4. The Morgan fingerprint density at radius 3 is 2.79 bits per heavy atom. The Kier molecular flexibility index (Phi) is 5.51. The van der Waals surface area contributed by atoms with Gasteiger partial charge in [0.1, 0.15) is 11.0 Å². The van der Waals surface area contributed by atoms with Crippen molar-refractivity contribution in [1.82, 2.24) is 9.88 Å². The molecule has 0 bridgehead atoms. The first-order valence-electron chi connectivity index (χ1n) is 8.97. The summed E-state index contributed by atoms with van der Waals surface area (Å²) in [6, 6.07) is 11.1. The van der Waals surface area contributed by atoms with Gasteiger partial charge < -0.3 is 19.1 Å². The molecule has 3 aromatic rings. The second-order valence-electron chi connectivity index (χ2n) is 6.57. The van der Waals surface area contributed by atoms with E-state index in [1.807, 2.05) is 12.1 Å². The quantitative estimate of drug-likeness (QED) is 0.567. The van der Waals surface area contributed by atoms with Gasteiger partial charge in [0.15, 0.2) is 11.5 Å². The lowest BCUT2D eigenvalue weighted by atomic mass is 10.1. The molecule has 6 nitrogen and oxygen atoms in total. The van der Waals surface area contributed by atoms with Gasteiger partial charge in [0, 0.05) is 42.8 Å². The van der Waals surface area contributed by atoms with Crippen molar-refractivity contribution in [3.63, 3.8) is 0 Å². The Morgan fingerprint density at radius 2 is 2.03 bits per heavy atom. The van der Waals surface area contributed by atoms with Crippen LogP contribution in [0.25, 0.3) is 10.9 Å². The number of carbonyl (C=O) groups excluding carboxylic acids is 1. The van der Waals surface area contributed by atoms with E-state index in [-0.39, 0.29) is 30.0 Å². The number of rotatable bonds is 6. The van der Waals surface area contributed by atoms with Crippen LogP contribution < -0.4 is 9.47 Å². The van der Waals surface area contributed by atoms with Crippen molar-refractivity contribution in [2.75, 3.05) is 27.1 Å². The third-order valence-electron chi connectivity index (χ3n) is 4.62. The fraction of sp³-hybridized carbons (Fsp3) is 0.238. The van der Waals surface area contributed by atoms with Crippen molar-refractivity contribution in [3.05, 3.63) is 64.6 Å². The van der Waals surface area contributed by atoms with E-state index >= 15 is 0 Å². The SMILES string of the molecule is COCCN(Cc1cc2cc3c(cc2nc1Cl)OCO3)C(=O)c1cccc(F)c1. The fourth-order valence-electron chi connectivity index (χ4n) is 3.16. The predicted molar refractivity (Wildman–Crippen MR) is 106 cm³/mol. The highest BCUT2D eigenvalue weighted by atomic mass is 35.5. The molecule has 0 saturated carbocycles. The van der Waals surface area contributed by atoms with Crippen LogP contribution in [-0.2, 0) is 11.3 Å². The zero-order valence-corrected chi connectivity index (χ0v) is 16.4. The highest BCUT2D eigenvalue weighted by molar-refractivity contribution is 6.30. The molecule has 0 radical (unpaired) electrons. The number of amides is 1. The van der Waals surface area contributed by atoms with E-state index in [2.05, 4.69) is 4.98 Å². The van der Waals surface area contributed by atoms with Crippen LogP contribution >= 0.6 is 11.6 Å². The Hall–Kier alpha value is -2.90. The van der Waals surface area contributed by atoms with Crippen molar-refractivity contribution >= 4 is 28.4 Å². The summed E-state index contributed by atoms with van der Waals surface area (Å²) >= 11 is 6.40. The van der Waals surface area contributed by atoms with E-state index in [1.54, 1.807) is 24.1 Å². The van der Waals surface area contributed by atoms with Crippen molar-refractivity contribution in [2.24, 2.45) is 0 Å². The minimum atomic E-state index is -0.468. The van der Waals surface area contributed by atoms with Crippen molar-refractivity contribution in [3.8, 4) is 11.5 Å². The molecule has 0 fully saturated rings. The van der Waals surface area contributed by atoms with Gasteiger partial charge in [0.05, 0.1) is 12.1 Å². The Balaban J connectivity index is 1.66. The molecule has 29 heavy (non-hydrogen) atoms. The summed E-state index contributed by atoms with van der Waals surface area (Å²) in [5, 5.41) is 1.10. The van der Waals surface area contributed by atoms with Gasteiger partial charge in [0.25, 0.3) is 5.91 Å². The van der Waals surface area contributed by atoms with Gasteiger partial charge in [-0.3, -0.25) is 4.79 Å². The number of aromatic nitrogens is 1. The number of fused-ring (bicyclic) bond motifs is 2. The van der Waals surface area contributed by atoms with Crippen LogP contribution in [0.3, 0.4) is 0 Å². The Morgan fingerprint density at radius 1 is 1.24 bits per heavy atom. The zero-order valence-electron chi connectivity index (χ0n) is 15.7. The number of methoxy groups -OCH3 is 1. The summed E-state index contributed by atoms with van der Waals surface area (Å²) < 4.78 is 29.5. The average molecular weight is 417 g/mol. The van der Waals surface area contributed by atoms with Crippen LogP contribution in [0.2, 0.25) is 5.15 Å². The number of carbonyl (C=O) groups is 1. The lowest BCUT2D eigenvalue weighted by molar-refractivity contribution is 0.0680. The van der Waals surface area contributed by atoms with Gasteiger partial charge in [-0.1, -0.05) is 17.7 Å². The molecule has 150 valence electrons. The van der Waals surface area contributed by atoms with Gasteiger partial charge >= 0.3 is 0 Å². The van der Waals surface area contributed by atoms with Crippen molar-refractivity contribution < 1.29 is 23.4 Å². The van der Waals surface area contributed by atoms with Crippen LogP contribution in [-0.4, -0.2) is 42.8 Å². The molecule has 1 aliphatic rings. The maximum atomic E-state index is 13.6. The van der Waals surface area contributed by atoms with E-state index in [4.69, 9.17) is 25.8 Å². The molecule has 8 heteroatoms. The molecule has 0 spiro atoms. The van der Waals surface area contributed by atoms with Crippen molar-refractivity contribution in [2.45, 2.75) is 6.54 Å². The van der Waals surface area contributed by atoms with E-state index in [1.165, 1.54) is 18.2 Å². The molecule has 2 aromatic carbocycles. The molecule has 1 aromatic heterocycles. The van der Waals surface area contributed by atoms with Gasteiger partial charge in [-0.2, -0.15) is 0 Å². The molecule has 1 amide bonds. The first kappa shape index (κ1) is 19.4. The Labute approximate surface area is 171 Å². The smallest absolute Gasteiger partial charge is 0.254 e. The van der Waals surface area contributed by atoms with Crippen LogP contribution in [0.15, 0.2) is 42.5 Å². The molecular weight excluding hydrogens is 399 g/mol. The van der Waals surface area contributed by atoms with Crippen LogP contribution in [0.5, 0.6) is 11.5 Å². The molecule has 0 aliphatic carbocycles. The molecule has 0 unspecified atom stereocenters. The number of pyridine rings is 1. The van der Waals surface area contributed by atoms with E-state index in [0.29, 0.717) is 35.7 Å². The standard InChI is InChI=1S/C21H18ClFN2O4/c1-27-6-5-25(21(26)13-3-2-4-16(23)8-13)11-15-7-14-9-18-19(29-12-28-18)10-17(14)24-20(15)22/h2-4,7-10H,5-6,11-12H2,1H3. The highest BCUT2D eigenvalue weighted by Crippen LogP contribution is 2.36. The van der Waals surface area contributed by atoms with Gasteiger partial charge in [-0.25, -0.2) is 9.37 Å². The number of benzene rings is 2. The fourth-order valence-corrected chi connectivity index (χ4v) is 3.36. The third-order valence-corrected chi connectivity index (χ3v) is 4.95. The van der Waals surface area contributed by atoms with Crippen LogP contribution in [0.4, 0.5) is 4.39 Å². The number of ether oxygens (including phenoxy) is 3. The second-order valence-corrected chi connectivity index (χ2v) is 6.92. The number of nitrogens with zero attached hydrogens (tertiary/aromatic N) is 2. The van der Waals surface area contributed by atoms with Crippen LogP contribution in [0, 0.1) is 5.82 Å². The number of hydrogen-bond donors (Lipinski definition) is 0. The Bertz CT molecular complexity index is 1080. The topological polar surface area (TPSA) is 60.9 Å². The third kappa shape index (κ3) is 4.11. The average Bonchev–Trinajstić information content (AvgIpc) is 3.16. The van der Waals surface area contributed by atoms with E-state index in [9.17, 15) is 9.18 Å². The molecular formula is C21H18ClFN2O4. The molecule has 4 rings (SSSR count). The van der Waals surface area contributed by atoms with Gasteiger partial charge in [-0.15, -0.1) is 0 Å². The maximum Gasteiger partial charge on any atom is 0.254 e. The van der Waals surface area contributed by atoms with Gasteiger partial charge in [-0.05, 0) is 30.3 Å². The highest BCUT2D eigenvalue weighted by Gasteiger charge is 2.20. The van der Waals surface area contributed by atoms with Gasteiger partial charge in [0.2, 0.25) is 6.79 Å². The minimum absolute atomic E-state index is 0.166. The largest absolute Gasteiger partial charge is 0.454 e. The summed E-state index contributed by atoms with van der Waals surface area (Å²) in [4.78, 5) is 18.9. The molecule has 0 saturated heterocycles. The first-order chi connectivity index (χ1) is 14.0. The first-order valence-corrected chi connectivity index (χ1v) is 9.35. The number of halogens is 2. The van der Waals surface area contributed by atoms with Crippen LogP contribution in [0.1, 0.15) is 15.9 Å². The monoisotopic (exact) mass is 416 g/mol. The van der Waals surface area contributed by atoms with E-state index < -0.39 is 5.82 Å². The molecule has 0 N–H and O–H groups in total. The lowest BCUT2D eigenvalue weighted by Crippen LogP contribution is -2.33. The molecule has 1 aliphatic heterocycles. The summed E-state index contributed by atoms with van der Waals surface area (Å²) in [5.74, 6) is 0.476. The number of hydrogen-bond acceptors (Lipinski definition) is 5. The summed E-state index contributed by atoms with van der Waals surface area (Å²) in [7, 11) is 1.55. The molecule has 2 heterocycles. The minimum Gasteiger partial charge on any atom is -0.454 e. The van der Waals surface area contributed by atoms with E-state index in [0.717, 1.165) is 5.39 Å². The lowest BCUT2D eigenvalue weighted by Gasteiger charge is -2.23. The maximum absolute atomic E-state index is 13.6. The second kappa shape index (κ2) is 8.23. The summed E-state index contributed by atoms with van der Waals surface area (Å²) in [5.41, 5.74) is 1.59. The summed E-state index contributed by atoms with van der Waals surface area (Å²) in [6.07, 6.45) is 0. The molecule has 0 atom stereocenters. The normalized spacial score (nSPS) is 12.4. The summed E-state index contributed by atoms with van der Waals surface area (Å²) in [6.45, 7) is 1.02.